The molecule has 8 nitrogen and oxygen atoms in total. The minimum absolute atomic E-state index is 0.000142. The van der Waals surface area contributed by atoms with Gasteiger partial charge in [-0.25, -0.2) is 0 Å². The van der Waals surface area contributed by atoms with Crippen molar-refractivity contribution in [1.82, 2.24) is 20.5 Å². The minimum Gasteiger partial charge on any atom is -0.493 e. The van der Waals surface area contributed by atoms with Gasteiger partial charge in [-0.2, -0.15) is 0 Å². The van der Waals surface area contributed by atoms with Crippen molar-refractivity contribution in [1.29, 1.82) is 0 Å². The van der Waals surface area contributed by atoms with Gasteiger partial charge in [0, 0.05) is 24.7 Å². The van der Waals surface area contributed by atoms with Crippen LogP contribution in [0.4, 0.5) is 0 Å². The Hall–Kier alpha value is -3.20. The van der Waals surface area contributed by atoms with Crippen LogP contribution in [0, 0.1) is 11.8 Å². The fourth-order valence-electron chi connectivity index (χ4n) is 4.71. The maximum Gasteiger partial charge on any atom is 0.233 e. The summed E-state index contributed by atoms with van der Waals surface area (Å²) in [6.45, 7) is 0.885. The molecule has 0 bridgehead atoms. The predicted molar refractivity (Wildman–Crippen MR) is 131 cm³/mol. The number of methoxy groups -OCH3 is 2. The van der Waals surface area contributed by atoms with Crippen LogP contribution in [0.15, 0.2) is 42.6 Å². The Balaban J connectivity index is 1.32. The summed E-state index contributed by atoms with van der Waals surface area (Å²) in [7, 11) is 3.20. The number of carbonyl (C=O) groups excluding carboxylic acids is 2. The van der Waals surface area contributed by atoms with Gasteiger partial charge in [-0.3, -0.25) is 19.5 Å². The quantitative estimate of drug-likeness (QED) is 0.559. The van der Waals surface area contributed by atoms with E-state index in [-0.39, 0.29) is 29.7 Å². The highest BCUT2D eigenvalue weighted by atomic mass is 32.1. The van der Waals surface area contributed by atoms with Gasteiger partial charge in [0.1, 0.15) is 0 Å². The molecule has 4 rings (SSSR count). The van der Waals surface area contributed by atoms with Crippen molar-refractivity contribution in [3.63, 3.8) is 0 Å². The molecule has 1 aliphatic heterocycles. The molecule has 9 heteroatoms. The molecule has 0 radical (unpaired) electrons. The van der Waals surface area contributed by atoms with Crippen LogP contribution in [0.1, 0.15) is 30.5 Å². The van der Waals surface area contributed by atoms with Gasteiger partial charge in [0.15, 0.2) is 16.6 Å². The standard InChI is InChI=1S/C25H30N4O4S/c1-32-21-9-6-16(13-22(21)33-2)10-12-29-24(31)19-8-7-17(14-20(19)28-25(29)34)23(30)27-15-18-5-3-4-11-26-18/h3-6,9,11,13,17,19-20H,7-8,10,12,14-15H2,1-2H3,(H,27,30)(H,28,34). The number of thiocarbonyl (C=S) groups is 1. The largest absolute Gasteiger partial charge is 0.493 e. The average Bonchev–Trinajstić information content (AvgIpc) is 2.87. The molecule has 2 fully saturated rings. The van der Waals surface area contributed by atoms with Gasteiger partial charge >= 0.3 is 0 Å². The first-order chi connectivity index (χ1) is 16.5. The number of amides is 2. The van der Waals surface area contributed by atoms with Crippen molar-refractivity contribution < 1.29 is 19.1 Å². The Labute approximate surface area is 205 Å². The molecule has 2 heterocycles. The van der Waals surface area contributed by atoms with E-state index in [1.807, 2.05) is 36.4 Å². The lowest BCUT2D eigenvalue weighted by Crippen LogP contribution is -2.62. The Kier molecular flexibility index (Phi) is 7.62. The van der Waals surface area contributed by atoms with Crippen LogP contribution in [0.2, 0.25) is 0 Å². The summed E-state index contributed by atoms with van der Waals surface area (Å²) in [5, 5.41) is 6.74. The lowest BCUT2D eigenvalue weighted by molar-refractivity contribution is -0.137. The van der Waals surface area contributed by atoms with Gasteiger partial charge < -0.3 is 20.1 Å². The zero-order valence-electron chi connectivity index (χ0n) is 19.5. The molecule has 3 atom stereocenters. The van der Waals surface area contributed by atoms with Crippen LogP contribution in [-0.2, 0) is 22.6 Å². The summed E-state index contributed by atoms with van der Waals surface area (Å²) < 4.78 is 10.7. The zero-order chi connectivity index (χ0) is 24.1. The lowest BCUT2D eigenvalue weighted by atomic mass is 9.76. The minimum atomic E-state index is -0.169. The Morgan fingerprint density at radius 3 is 2.76 bits per heavy atom. The number of fused-ring (bicyclic) bond motifs is 1. The number of ether oxygens (including phenoxy) is 2. The second-order valence-electron chi connectivity index (χ2n) is 8.64. The Bertz CT molecular complexity index is 1050. The van der Waals surface area contributed by atoms with E-state index in [0.29, 0.717) is 55.4 Å². The highest BCUT2D eigenvalue weighted by Gasteiger charge is 2.43. The van der Waals surface area contributed by atoms with E-state index in [2.05, 4.69) is 15.6 Å². The van der Waals surface area contributed by atoms with E-state index in [1.54, 1.807) is 25.3 Å². The van der Waals surface area contributed by atoms with Crippen LogP contribution < -0.4 is 20.1 Å². The average molecular weight is 483 g/mol. The summed E-state index contributed by atoms with van der Waals surface area (Å²) in [6.07, 6.45) is 4.28. The second kappa shape index (κ2) is 10.8. The van der Waals surface area contributed by atoms with E-state index in [0.717, 1.165) is 11.3 Å². The third-order valence-corrected chi connectivity index (χ3v) is 6.94. The highest BCUT2D eigenvalue weighted by molar-refractivity contribution is 7.80. The molecule has 0 spiro atoms. The second-order valence-corrected chi connectivity index (χ2v) is 9.03. The molecular weight excluding hydrogens is 452 g/mol. The first-order valence-corrected chi connectivity index (χ1v) is 11.9. The van der Waals surface area contributed by atoms with Crippen molar-refractivity contribution in [3.8, 4) is 11.5 Å². The number of pyridine rings is 1. The fourth-order valence-corrected chi connectivity index (χ4v) is 5.05. The molecule has 2 N–H and O–H groups in total. The van der Waals surface area contributed by atoms with Gasteiger partial charge in [0.2, 0.25) is 11.8 Å². The number of hydrogen-bond acceptors (Lipinski definition) is 6. The third-order valence-electron chi connectivity index (χ3n) is 6.60. The normalized spacial score (nSPS) is 21.9. The van der Waals surface area contributed by atoms with Crippen molar-refractivity contribution in [2.45, 2.75) is 38.3 Å². The van der Waals surface area contributed by atoms with Crippen molar-refractivity contribution in [3.05, 3.63) is 53.9 Å². The lowest BCUT2D eigenvalue weighted by Gasteiger charge is -2.43. The van der Waals surface area contributed by atoms with Crippen LogP contribution in [0.25, 0.3) is 0 Å². The molecule has 180 valence electrons. The highest BCUT2D eigenvalue weighted by Crippen LogP contribution is 2.33. The van der Waals surface area contributed by atoms with E-state index >= 15 is 0 Å². The molecule has 1 aromatic carbocycles. The van der Waals surface area contributed by atoms with Crippen molar-refractivity contribution in [2.24, 2.45) is 11.8 Å². The number of aromatic nitrogens is 1. The maximum atomic E-state index is 13.2. The molecule has 1 aromatic heterocycles. The van der Waals surface area contributed by atoms with Crippen LogP contribution >= 0.6 is 12.2 Å². The summed E-state index contributed by atoms with van der Waals surface area (Å²) in [4.78, 5) is 31.9. The molecular formula is C25H30N4O4S. The first kappa shape index (κ1) is 23.9. The van der Waals surface area contributed by atoms with Crippen molar-refractivity contribution >= 4 is 29.1 Å². The van der Waals surface area contributed by atoms with Crippen LogP contribution in [-0.4, -0.2) is 53.6 Å². The summed E-state index contributed by atoms with van der Waals surface area (Å²) in [6, 6.07) is 11.3. The molecule has 1 saturated heterocycles. The molecule has 3 unspecified atom stereocenters. The topological polar surface area (TPSA) is 92.8 Å². The maximum absolute atomic E-state index is 13.2. The summed E-state index contributed by atoms with van der Waals surface area (Å²) in [5.74, 6) is 1.05. The molecule has 1 aliphatic carbocycles. The van der Waals surface area contributed by atoms with Gasteiger partial charge in [-0.05, 0) is 67.7 Å². The number of nitrogens with zero attached hydrogens (tertiary/aromatic N) is 2. The van der Waals surface area contributed by atoms with Gasteiger partial charge in [0.05, 0.1) is 32.4 Å². The number of rotatable bonds is 8. The molecule has 2 amide bonds. The molecule has 2 aliphatic rings. The van der Waals surface area contributed by atoms with Crippen LogP contribution in [0.3, 0.4) is 0 Å². The molecule has 2 aromatic rings. The van der Waals surface area contributed by atoms with Crippen LogP contribution in [0.5, 0.6) is 11.5 Å². The Morgan fingerprint density at radius 2 is 2.03 bits per heavy atom. The first-order valence-electron chi connectivity index (χ1n) is 11.5. The van der Waals surface area contributed by atoms with Crippen molar-refractivity contribution in [2.75, 3.05) is 20.8 Å². The Morgan fingerprint density at radius 1 is 1.21 bits per heavy atom. The predicted octanol–water partition coefficient (Wildman–Crippen LogP) is 2.46. The molecule has 34 heavy (non-hydrogen) atoms. The number of carbonyl (C=O) groups is 2. The van der Waals surface area contributed by atoms with E-state index < -0.39 is 0 Å². The van der Waals surface area contributed by atoms with Gasteiger partial charge in [0.25, 0.3) is 0 Å². The van der Waals surface area contributed by atoms with Gasteiger partial charge in [-0.1, -0.05) is 12.1 Å². The monoisotopic (exact) mass is 482 g/mol. The third kappa shape index (κ3) is 5.30. The fraction of sp³-hybridized carbons (Fsp3) is 0.440. The van der Waals surface area contributed by atoms with Gasteiger partial charge in [-0.15, -0.1) is 0 Å². The summed E-state index contributed by atoms with van der Waals surface area (Å²) >= 11 is 5.54. The van der Waals surface area contributed by atoms with E-state index in [4.69, 9.17) is 21.7 Å². The summed E-state index contributed by atoms with van der Waals surface area (Å²) in [5.41, 5.74) is 1.85. The zero-order valence-corrected chi connectivity index (χ0v) is 20.3. The number of nitrogens with one attached hydrogen (secondary N) is 2. The smallest absolute Gasteiger partial charge is 0.233 e. The molecule has 1 saturated carbocycles. The van der Waals surface area contributed by atoms with E-state index in [9.17, 15) is 9.59 Å². The number of benzene rings is 1. The SMILES string of the molecule is COc1ccc(CCN2C(=O)C3CCC(C(=O)NCc4ccccn4)CC3NC2=S)cc1OC. The number of hydrogen-bond donors (Lipinski definition) is 2. The van der Waals surface area contributed by atoms with E-state index in [1.165, 1.54) is 0 Å².